The summed E-state index contributed by atoms with van der Waals surface area (Å²) in [7, 11) is 0. The van der Waals surface area contributed by atoms with Crippen LogP contribution in [-0.4, -0.2) is 13.2 Å². The summed E-state index contributed by atoms with van der Waals surface area (Å²) < 4.78 is 11.1. The Labute approximate surface area is 102 Å². The summed E-state index contributed by atoms with van der Waals surface area (Å²) in [6, 6.07) is 4.32. The number of hydrogen-bond donors (Lipinski definition) is 0. The average Bonchev–Trinajstić information content (AvgIpc) is 2.92. The Morgan fingerprint density at radius 2 is 1.31 bits per heavy atom. The van der Waals surface area contributed by atoms with Crippen molar-refractivity contribution in [2.24, 2.45) is 0 Å². The van der Waals surface area contributed by atoms with E-state index in [0.29, 0.717) is 26.4 Å². The average molecular weight is 252 g/mol. The fourth-order valence-electron chi connectivity index (χ4n) is 1.78. The molecule has 0 aliphatic carbocycles. The lowest BCUT2D eigenvalue weighted by molar-refractivity contribution is 0.0336. The molecule has 0 amide bonds. The Balaban J connectivity index is 2.05. The first-order chi connectivity index (χ1) is 7.95. The summed E-state index contributed by atoms with van der Waals surface area (Å²) in [5, 5.41) is 4.27. The van der Waals surface area contributed by atoms with Gasteiger partial charge in [0.05, 0.1) is 36.2 Å². The summed E-state index contributed by atoms with van der Waals surface area (Å²) in [6.07, 6.45) is 0. The molecule has 4 heteroatoms. The van der Waals surface area contributed by atoms with Crippen molar-refractivity contribution in [1.29, 1.82) is 0 Å². The zero-order valence-corrected chi connectivity index (χ0v) is 10.4. The van der Waals surface area contributed by atoms with Gasteiger partial charge in [-0.2, -0.15) is 0 Å². The van der Waals surface area contributed by atoms with E-state index in [-0.39, 0.29) is 0 Å². The molecule has 2 aromatic rings. The Kier molecular flexibility index (Phi) is 3.06. The summed E-state index contributed by atoms with van der Waals surface area (Å²) >= 11 is 3.57. The van der Waals surface area contributed by atoms with Crippen LogP contribution in [0.15, 0.2) is 22.9 Å². The van der Waals surface area contributed by atoms with Crippen molar-refractivity contribution in [3.8, 4) is 9.75 Å². The number of rotatable bonds is 0. The zero-order chi connectivity index (χ0) is 10.8. The van der Waals surface area contributed by atoms with Crippen molar-refractivity contribution >= 4 is 22.7 Å². The standard InChI is InChI=1S/C12H12O2S2/c1-5-15-11-9(1)7-13-3-4-14-8-10-2-6-16-12(10)11/h1-2,5-6H,3-4,7-8H2. The van der Waals surface area contributed by atoms with Gasteiger partial charge in [-0.05, 0) is 34.0 Å². The highest BCUT2D eigenvalue weighted by atomic mass is 32.1. The van der Waals surface area contributed by atoms with Crippen LogP contribution in [-0.2, 0) is 22.7 Å². The molecule has 0 bridgehead atoms. The van der Waals surface area contributed by atoms with Crippen molar-refractivity contribution in [3.63, 3.8) is 0 Å². The lowest BCUT2D eigenvalue weighted by Gasteiger charge is -2.10. The van der Waals surface area contributed by atoms with Gasteiger partial charge in [-0.1, -0.05) is 0 Å². The van der Waals surface area contributed by atoms with Gasteiger partial charge in [0.1, 0.15) is 0 Å². The molecule has 3 heterocycles. The minimum atomic E-state index is 0.675. The van der Waals surface area contributed by atoms with E-state index in [4.69, 9.17) is 9.47 Å². The van der Waals surface area contributed by atoms with E-state index in [2.05, 4.69) is 22.9 Å². The summed E-state index contributed by atoms with van der Waals surface area (Å²) in [5.74, 6) is 0. The molecule has 0 saturated carbocycles. The van der Waals surface area contributed by atoms with Gasteiger partial charge in [0.15, 0.2) is 0 Å². The zero-order valence-electron chi connectivity index (χ0n) is 8.77. The predicted octanol–water partition coefficient (Wildman–Crippen LogP) is 3.52. The topological polar surface area (TPSA) is 18.5 Å². The van der Waals surface area contributed by atoms with Crippen LogP contribution in [0.1, 0.15) is 11.1 Å². The van der Waals surface area contributed by atoms with Gasteiger partial charge in [0, 0.05) is 0 Å². The van der Waals surface area contributed by atoms with Crippen LogP contribution in [0.2, 0.25) is 0 Å². The van der Waals surface area contributed by atoms with Gasteiger partial charge in [-0.25, -0.2) is 0 Å². The maximum atomic E-state index is 5.57. The van der Waals surface area contributed by atoms with E-state index in [0.717, 1.165) is 0 Å². The summed E-state index contributed by atoms with van der Waals surface area (Å²) in [6.45, 7) is 2.74. The van der Waals surface area contributed by atoms with E-state index >= 15 is 0 Å². The van der Waals surface area contributed by atoms with Gasteiger partial charge in [0.25, 0.3) is 0 Å². The van der Waals surface area contributed by atoms with E-state index < -0.39 is 0 Å². The van der Waals surface area contributed by atoms with Crippen LogP contribution in [0, 0.1) is 0 Å². The van der Waals surface area contributed by atoms with Crippen LogP contribution in [0.5, 0.6) is 0 Å². The number of hydrogen-bond acceptors (Lipinski definition) is 4. The van der Waals surface area contributed by atoms with E-state index in [9.17, 15) is 0 Å². The van der Waals surface area contributed by atoms with E-state index in [1.807, 2.05) is 0 Å². The van der Waals surface area contributed by atoms with Crippen LogP contribution in [0.4, 0.5) is 0 Å². The normalized spacial score (nSPS) is 16.5. The maximum Gasteiger partial charge on any atom is 0.0732 e. The molecule has 84 valence electrons. The lowest BCUT2D eigenvalue weighted by atomic mass is 10.2. The summed E-state index contributed by atoms with van der Waals surface area (Å²) in [4.78, 5) is 2.69. The monoisotopic (exact) mass is 252 g/mol. The molecule has 2 nitrogen and oxygen atoms in total. The molecule has 2 aromatic heterocycles. The van der Waals surface area contributed by atoms with Gasteiger partial charge in [0.2, 0.25) is 0 Å². The lowest BCUT2D eigenvalue weighted by Crippen LogP contribution is -2.06. The van der Waals surface area contributed by atoms with Crippen LogP contribution in [0.25, 0.3) is 9.75 Å². The Hall–Kier alpha value is -0.680. The Morgan fingerprint density at radius 3 is 1.81 bits per heavy atom. The molecular weight excluding hydrogens is 240 g/mol. The van der Waals surface area contributed by atoms with Crippen LogP contribution >= 0.6 is 22.7 Å². The molecule has 0 spiro atoms. The van der Waals surface area contributed by atoms with Crippen molar-refractivity contribution < 1.29 is 9.47 Å². The smallest absolute Gasteiger partial charge is 0.0732 e. The van der Waals surface area contributed by atoms with Gasteiger partial charge >= 0.3 is 0 Å². The molecule has 0 atom stereocenters. The van der Waals surface area contributed by atoms with Crippen LogP contribution < -0.4 is 0 Å². The van der Waals surface area contributed by atoms with Crippen molar-refractivity contribution in [2.45, 2.75) is 13.2 Å². The van der Waals surface area contributed by atoms with Gasteiger partial charge in [-0.3, -0.25) is 0 Å². The van der Waals surface area contributed by atoms with E-state index in [1.54, 1.807) is 22.7 Å². The van der Waals surface area contributed by atoms with Gasteiger partial charge < -0.3 is 9.47 Å². The first-order valence-corrected chi connectivity index (χ1v) is 6.99. The number of ether oxygens (including phenoxy) is 2. The minimum Gasteiger partial charge on any atom is -0.374 e. The highest BCUT2D eigenvalue weighted by molar-refractivity contribution is 7.20. The van der Waals surface area contributed by atoms with Crippen molar-refractivity contribution in [3.05, 3.63) is 34.0 Å². The molecule has 0 aromatic carbocycles. The second kappa shape index (κ2) is 4.67. The third-order valence-electron chi connectivity index (χ3n) is 2.59. The second-order valence-corrected chi connectivity index (χ2v) is 5.49. The molecule has 0 unspecified atom stereocenters. The third-order valence-corrected chi connectivity index (χ3v) is 4.66. The molecule has 0 fully saturated rings. The Bertz CT molecular complexity index is 429. The third kappa shape index (κ3) is 1.94. The second-order valence-electron chi connectivity index (χ2n) is 3.66. The first-order valence-electron chi connectivity index (χ1n) is 5.24. The fourth-order valence-corrected chi connectivity index (χ4v) is 3.84. The largest absolute Gasteiger partial charge is 0.374 e. The SMILES string of the molecule is c1cc2c(s1)-c1sccc1COCCOC2. The molecule has 0 N–H and O–H groups in total. The van der Waals surface area contributed by atoms with Crippen molar-refractivity contribution in [2.75, 3.05) is 13.2 Å². The molecule has 0 saturated heterocycles. The highest BCUT2D eigenvalue weighted by Gasteiger charge is 2.14. The van der Waals surface area contributed by atoms with Crippen molar-refractivity contribution in [1.82, 2.24) is 0 Å². The quantitative estimate of drug-likeness (QED) is 0.714. The fraction of sp³-hybridized carbons (Fsp3) is 0.333. The number of thiophene rings is 2. The van der Waals surface area contributed by atoms with Crippen LogP contribution in [0.3, 0.4) is 0 Å². The molecule has 1 aliphatic heterocycles. The first kappa shape index (κ1) is 10.5. The minimum absolute atomic E-state index is 0.675. The van der Waals surface area contributed by atoms with E-state index in [1.165, 1.54) is 20.9 Å². The van der Waals surface area contributed by atoms with Gasteiger partial charge in [-0.15, -0.1) is 22.7 Å². The molecule has 0 radical (unpaired) electrons. The molecular formula is C12H12O2S2. The molecule has 3 rings (SSSR count). The predicted molar refractivity (Wildman–Crippen MR) is 66.9 cm³/mol. The Morgan fingerprint density at radius 1 is 0.812 bits per heavy atom. The molecule has 1 aliphatic rings. The number of fused-ring (bicyclic) bond motifs is 3. The summed E-state index contributed by atoms with van der Waals surface area (Å²) in [5.41, 5.74) is 2.60. The maximum absolute atomic E-state index is 5.57. The highest BCUT2D eigenvalue weighted by Crippen LogP contribution is 2.37. The molecule has 16 heavy (non-hydrogen) atoms.